The van der Waals surface area contributed by atoms with E-state index in [0.29, 0.717) is 12.1 Å². The Hall–Kier alpha value is -0.450. The fourth-order valence-corrected chi connectivity index (χ4v) is 3.36. The third kappa shape index (κ3) is 2.60. The lowest BCUT2D eigenvalue weighted by Gasteiger charge is -2.40. The largest absolute Gasteiger partial charge is 0.388 e. The summed E-state index contributed by atoms with van der Waals surface area (Å²) in [6, 6.07) is 4.43. The van der Waals surface area contributed by atoms with Crippen LogP contribution in [0.5, 0.6) is 0 Å². The number of rotatable bonds is 3. The minimum Gasteiger partial charge on any atom is -0.388 e. The molecule has 1 unspecified atom stereocenters. The predicted octanol–water partition coefficient (Wildman–Crippen LogP) is 3.53. The molecule has 3 N–H and O–H groups in total. The molecular formula is C14H19BrFNO. The Morgan fingerprint density at radius 3 is 2.61 bits per heavy atom. The van der Waals surface area contributed by atoms with Crippen molar-refractivity contribution < 1.29 is 9.50 Å². The summed E-state index contributed by atoms with van der Waals surface area (Å²) in [5, 5.41) is 10.6. The van der Waals surface area contributed by atoms with E-state index < -0.39 is 6.10 Å². The van der Waals surface area contributed by atoms with Crippen molar-refractivity contribution in [2.45, 2.75) is 38.2 Å². The highest BCUT2D eigenvalue weighted by Crippen LogP contribution is 2.46. The lowest BCUT2D eigenvalue weighted by atomic mass is 9.68. The highest BCUT2D eigenvalue weighted by molar-refractivity contribution is 9.10. The smallest absolute Gasteiger partial charge is 0.123 e. The monoisotopic (exact) mass is 315 g/mol. The molecule has 4 heteroatoms. The fourth-order valence-electron chi connectivity index (χ4n) is 2.90. The second kappa shape index (κ2) is 5.68. The standard InChI is InChI=1S/C14H19BrFNO/c15-12-5-4-10(16)8-11(12)13(18)14(9-17)6-2-1-3-7-14/h4-5,8,13,18H,1-3,6-7,9,17H2. The van der Waals surface area contributed by atoms with Crippen molar-refractivity contribution in [1.82, 2.24) is 0 Å². The van der Waals surface area contributed by atoms with Gasteiger partial charge in [-0.25, -0.2) is 4.39 Å². The van der Waals surface area contributed by atoms with Crippen molar-refractivity contribution in [3.05, 3.63) is 34.1 Å². The van der Waals surface area contributed by atoms with Gasteiger partial charge >= 0.3 is 0 Å². The van der Waals surface area contributed by atoms with E-state index in [9.17, 15) is 9.50 Å². The third-order valence-corrected chi connectivity index (χ3v) is 4.81. The molecule has 0 radical (unpaired) electrons. The molecule has 1 aliphatic carbocycles. The summed E-state index contributed by atoms with van der Waals surface area (Å²) in [4.78, 5) is 0. The van der Waals surface area contributed by atoms with Crippen LogP contribution in [0.2, 0.25) is 0 Å². The first-order valence-corrected chi connectivity index (χ1v) is 7.21. The lowest BCUT2D eigenvalue weighted by molar-refractivity contribution is 0.0000518. The fraction of sp³-hybridized carbons (Fsp3) is 0.571. The molecule has 0 bridgehead atoms. The van der Waals surface area contributed by atoms with E-state index in [0.717, 1.165) is 30.2 Å². The summed E-state index contributed by atoms with van der Waals surface area (Å²) in [7, 11) is 0. The van der Waals surface area contributed by atoms with Gasteiger partial charge in [-0.1, -0.05) is 35.2 Å². The Bertz CT molecular complexity index is 418. The number of halogens is 2. The molecule has 0 amide bonds. The van der Waals surface area contributed by atoms with E-state index in [1.165, 1.54) is 18.6 Å². The molecule has 0 aliphatic heterocycles. The molecule has 0 spiro atoms. The van der Waals surface area contributed by atoms with Gasteiger partial charge in [0.25, 0.3) is 0 Å². The molecule has 2 rings (SSSR count). The molecule has 100 valence electrons. The van der Waals surface area contributed by atoms with Gasteiger partial charge in [-0.2, -0.15) is 0 Å². The van der Waals surface area contributed by atoms with Gasteiger partial charge in [-0.05, 0) is 36.6 Å². The van der Waals surface area contributed by atoms with Crippen molar-refractivity contribution in [3.8, 4) is 0 Å². The van der Waals surface area contributed by atoms with Crippen molar-refractivity contribution in [1.29, 1.82) is 0 Å². The topological polar surface area (TPSA) is 46.2 Å². The molecule has 0 saturated heterocycles. The zero-order valence-corrected chi connectivity index (χ0v) is 11.9. The summed E-state index contributed by atoms with van der Waals surface area (Å²) >= 11 is 3.38. The quantitative estimate of drug-likeness (QED) is 0.896. The minimum absolute atomic E-state index is 0.297. The molecule has 2 nitrogen and oxygen atoms in total. The van der Waals surface area contributed by atoms with Crippen LogP contribution in [0.25, 0.3) is 0 Å². The van der Waals surface area contributed by atoms with Crippen LogP contribution < -0.4 is 5.73 Å². The first kappa shape index (κ1) is 14.0. The van der Waals surface area contributed by atoms with Gasteiger partial charge in [0.15, 0.2) is 0 Å². The first-order chi connectivity index (χ1) is 8.59. The van der Waals surface area contributed by atoms with Crippen LogP contribution in [-0.2, 0) is 0 Å². The van der Waals surface area contributed by atoms with Crippen LogP contribution >= 0.6 is 15.9 Å². The highest BCUT2D eigenvalue weighted by atomic mass is 79.9. The molecule has 18 heavy (non-hydrogen) atoms. The normalized spacial score (nSPS) is 20.7. The third-order valence-electron chi connectivity index (χ3n) is 4.09. The van der Waals surface area contributed by atoms with E-state index in [1.807, 2.05) is 0 Å². The lowest BCUT2D eigenvalue weighted by Crippen LogP contribution is -2.38. The van der Waals surface area contributed by atoms with Crippen LogP contribution in [0.1, 0.15) is 43.8 Å². The summed E-state index contributed by atoms with van der Waals surface area (Å²) < 4.78 is 14.1. The van der Waals surface area contributed by atoms with Crippen molar-refractivity contribution in [3.63, 3.8) is 0 Å². The zero-order valence-electron chi connectivity index (χ0n) is 10.3. The Morgan fingerprint density at radius 2 is 2.00 bits per heavy atom. The molecule has 1 aromatic rings. The number of benzene rings is 1. The van der Waals surface area contributed by atoms with E-state index in [-0.39, 0.29) is 11.2 Å². The van der Waals surface area contributed by atoms with Crippen molar-refractivity contribution in [2.75, 3.05) is 6.54 Å². The second-order valence-electron chi connectivity index (χ2n) is 5.20. The second-order valence-corrected chi connectivity index (χ2v) is 6.05. The van der Waals surface area contributed by atoms with Crippen LogP contribution in [0.15, 0.2) is 22.7 Å². The zero-order chi connectivity index (χ0) is 13.2. The molecule has 1 saturated carbocycles. The van der Waals surface area contributed by atoms with Crippen molar-refractivity contribution >= 4 is 15.9 Å². The average molecular weight is 316 g/mol. The van der Waals surface area contributed by atoms with Gasteiger partial charge in [0.05, 0.1) is 6.10 Å². The Balaban J connectivity index is 2.33. The summed E-state index contributed by atoms with van der Waals surface area (Å²) in [6.45, 7) is 0.442. The maximum absolute atomic E-state index is 13.3. The van der Waals surface area contributed by atoms with Gasteiger partial charge < -0.3 is 10.8 Å². The Labute approximate surface area is 116 Å². The average Bonchev–Trinajstić information content (AvgIpc) is 2.41. The maximum atomic E-state index is 13.3. The Morgan fingerprint density at radius 1 is 1.33 bits per heavy atom. The number of nitrogens with two attached hydrogens (primary N) is 1. The molecule has 1 fully saturated rings. The van der Waals surface area contributed by atoms with E-state index >= 15 is 0 Å². The molecule has 1 aromatic carbocycles. The SMILES string of the molecule is NCC1(C(O)c2cc(F)ccc2Br)CCCCC1. The van der Waals surface area contributed by atoms with Crippen LogP contribution in [0.4, 0.5) is 4.39 Å². The van der Waals surface area contributed by atoms with E-state index in [2.05, 4.69) is 15.9 Å². The van der Waals surface area contributed by atoms with Gasteiger partial charge in [0.1, 0.15) is 5.82 Å². The minimum atomic E-state index is -0.701. The van der Waals surface area contributed by atoms with Crippen molar-refractivity contribution in [2.24, 2.45) is 11.1 Å². The maximum Gasteiger partial charge on any atom is 0.123 e. The molecule has 1 atom stereocenters. The molecule has 0 heterocycles. The summed E-state index contributed by atoms with van der Waals surface area (Å²) in [6.07, 6.45) is 4.48. The van der Waals surface area contributed by atoms with Gasteiger partial charge in [-0.15, -0.1) is 0 Å². The first-order valence-electron chi connectivity index (χ1n) is 6.42. The molecule has 1 aliphatic rings. The Kier molecular flexibility index (Phi) is 4.41. The van der Waals surface area contributed by atoms with E-state index in [1.54, 1.807) is 6.07 Å². The summed E-state index contributed by atoms with van der Waals surface area (Å²) in [5.41, 5.74) is 6.21. The van der Waals surface area contributed by atoms with Gasteiger partial charge in [0, 0.05) is 16.4 Å². The highest BCUT2D eigenvalue weighted by Gasteiger charge is 2.39. The number of aliphatic hydroxyl groups excluding tert-OH is 1. The van der Waals surface area contributed by atoms with Crippen LogP contribution in [0.3, 0.4) is 0 Å². The number of hydrogen-bond donors (Lipinski definition) is 2. The number of hydrogen-bond acceptors (Lipinski definition) is 2. The molecular weight excluding hydrogens is 297 g/mol. The predicted molar refractivity (Wildman–Crippen MR) is 73.6 cm³/mol. The summed E-state index contributed by atoms with van der Waals surface area (Å²) in [5.74, 6) is -0.324. The number of aliphatic hydroxyl groups is 1. The van der Waals surface area contributed by atoms with E-state index in [4.69, 9.17) is 5.73 Å². The van der Waals surface area contributed by atoms with Crippen LogP contribution in [-0.4, -0.2) is 11.7 Å². The molecule has 0 aromatic heterocycles. The van der Waals surface area contributed by atoms with Gasteiger partial charge in [0.2, 0.25) is 0 Å². The van der Waals surface area contributed by atoms with Crippen LogP contribution in [0, 0.1) is 11.2 Å². The van der Waals surface area contributed by atoms with Gasteiger partial charge in [-0.3, -0.25) is 0 Å².